The van der Waals surface area contributed by atoms with Crippen LogP contribution in [0.2, 0.25) is 0 Å². The molecule has 4 heterocycles. The fraction of sp³-hybridized carbons (Fsp3) is 0.400. The van der Waals surface area contributed by atoms with E-state index in [1.807, 2.05) is 4.57 Å². The van der Waals surface area contributed by atoms with E-state index in [0.717, 1.165) is 43.1 Å². The van der Waals surface area contributed by atoms with E-state index in [0.29, 0.717) is 5.65 Å². The lowest BCUT2D eigenvalue weighted by Crippen LogP contribution is -2.36. The van der Waals surface area contributed by atoms with E-state index in [2.05, 4.69) is 29.8 Å². The first-order valence-corrected chi connectivity index (χ1v) is 7.90. The summed E-state index contributed by atoms with van der Waals surface area (Å²) in [4.78, 5) is 33.8. The molecule has 9 nitrogen and oxygen atoms in total. The Morgan fingerprint density at radius 2 is 2.25 bits per heavy atom. The summed E-state index contributed by atoms with van der Waals surface area (Å²) >= 11 is 0. The van der Waals surface area contributed by atoms with Crippen LogP contribution in [0, 0.1) is 0 Å². The van der Waals surface area contributed by atoms with Gasteiger partial charge in [-0.25, -0.2) is 19.9 Å². The zero-order chi connectivity index (χ0) is 16.5. The van der Waals surface area contributed by atoms with Crippen molar-refractivity contribution in [3.8, 4) is 0 Å². The molecule has 0 spiro atoms. The maximum Gasteiger partial charge on any atom is 0.237 e. The van der Waals surface area contributed by atoms with Gasteiger partial charge in [0.2, 0.25) is 5.91 Å². The number of primary amides is 1. The number of anilines is 1. The molecule has 124 valence electrons. The van der Waals surface area contributed by atoms with Gasteiger partial charge in [-0.05, 0) is 12.8 Å². The molecule has 0 bridgehead atoms. The average Bonchev–Trinajstić information content (AvgIpc) is 3.23. The van der Waals surface area contributed by atoms with Crippen molar-refractivity contribution < 1.29 is 4.79 Å². The molecule has 3 aromatic heterocycles. The zero-order valence-electron chi connectivity index (χ0n) is 13.1. The van der Waals surface area contributed by atoms with Gasteiger partial charge in [0.25, 0.3) is 0 Å². The Morgan fingerprint density at radius 1 is 1.33 bits per heavy atom. The minimum atomic E-state index is -0.364. The summed E-state index contributed by atoms with van der Waals surface area (Å²) in [5.74, 6) is 1.61. The Bertz CT molecular complexity index is 869. The highest BCUT2D eigenvalue weighted by atomic mass is 16.1. The first-order chi connectivity index (χ1) is 11.7. The number of imidazole rings is 2. The van der Waals surface area contributed by atoms with E-state index in [4.69, 9.17) is 5.73 Å². The van der Waals surface area contributed by atoms with Crippen molar-refractivity contribution >= 4 is 22.9 Å². The number of fused-ring (bicyclic) bond motifs is 1. The molecule has 0 aromatic carbocycles. The van der Waals surface area contributed by atoms with Crippen molar-refractivity contribution in [3.05, 3.63) is 30.9 Å². The largest absolute Gasteiger partial charge is 0.368 e. The fourth-order valence-electron chi connectivity index (χ4n) is 3.35. The fourth-order valence-corrected chi connectivity index (χ4v) is 3.35. The molecule has 3 N–H and O–H groups in total. The molecule has 1 amide bonds. The van der Waals surface area contributed by atoms with E-state index in [-0.39, 0.29) is 18.4 Å². The molecule has 0 saturated carbocycles. The van der Waals surface area contributed by atoms with Gasteiger partial charge in [-0.3, -0.25) is 4.79 Å². The quantitative estimate of drug-likeness (QED) is 0.717. The molecule has 0 aliphatic carbocycles. The van der Waals surface area contributed by atoms with Crippen LogP contribution in [-0.4, -0.2) is 48.5 Å². The van der Waals surface area contributed by atoms with Gasteiger partial charge in [0, 0.05) is 31.4 Å². The van der Waals surface area contributed by atoms with Gasteiger partial charge in [0.1, 0.15) is 24.2 Å². The number of carbonyl (C=O) groups excluding carboxylic acids is 1. The molecule has 1 saturated heterocycles. The van der Waals surface area contributed by atoms with Crippen LogP contribution in [-0.2, 0) is 11.3 Å². The molecule has 0 radical (unpaired) electrons. The van der Waals surface area contributed by atoms with Crippen LogP contribution in [0.15, 0.2) is 25.0 Å². The van der Waals surface area contributed by atoms with Crippen LogP contribution in [0.3, 0.4) is 0 Å². The van der Waals surface area contributed by atoms with Gasteiger partial charge in [0.15, 0.2) is 11.5 Å². The van der Waals surface area contributed by atoms with Gasteiger partial charge in [0.05, 0.1) is 6.33 Å². The second kappa shape index (κ2) is 5.91. The van der Waals surface area contributed by atoms with Crippen molar-refractivity contribution in [2.45, 2.75) is 25.3 Å². The van der Waals surface area contributed by atoms with Crippen molar-refractivity contribution in [1.29, 1.82) is 0 Å². The van der Waals surface area contributed by atoms with Crippen molar-refractivity contribution in [3.63, 3.8) is 0 Å². The lowest BCUT2D eigenvalue weighted by Gasteiger charge is -2.33. The van der Waals surface area contributed by atoms with E-state index >= 15 is 0 Å². The minimum absolute atomic E-state index is 0.157. The summed E-state index contributed by atoms with van der Waals surface area (Å²) in [7, 11) is 0. The molecule has 9 heteroatoms. The summed E-state index contributed by atoms with van der Waals surface area (Å²) in [5, 5.41) is 0. The number of carbonyl (C=O) groups is 1. The van der Waals surface area contributed by atoms with Gasteiger partial charge < -0.3 is 20.2 Å². The Labute approximate surface area is 137 Å². The van der Waals surface area contributed by atoms with E-state index in [1.165, 1.54) is 6.33 Å². The molecule has 24 heavy (non-hydrogen) atoms. The van der Waals surface area contributed by atoms with E-state index in [9.17, 15) is 4.79 Å². The SMILES string of the molecule is NC(=O)Cn1ccnc1[C@H]1CCCN(c2ncnc3nc[nH]c23)C1. The van der Waals surface area contributed by atoms with Gasteiger partial charge >= 0.3 is 0 Å². The maximum atomic E-state index is 11.2. The molecule has 4 rings (SSSR count). The molecular formula is C15H18N8O. The summed E-state index contributed by atoms with van der Waals surface area (Å²) in [6.07, 6.45) is 8.73. The van der Waals surface area contributed by atoms with Crippen molar-refractivity contribution in [2.75, 3.05) is 18.0 Å². The lowest BCUT2D eigenvalue weighted by molar-refractivity contribution is -0.118. The predicted molar refractivity (Wildman–Crippen MR) is 87.3 cm³/mol. The molecule has 3 aromatic rings. The normalized spacial score (nSPS) is 18.2. The topological polar surface area (TPSA) is 119 Å². The summed E-state index contributed by atoms with van der Waals surface area (Å²) in [5.41, 5.74) is 6.84. The second-order valence-electron chi connectivity index (χ2n) is 5.96. The second-order valence-corrected chi connectivity index (χ2v) is 5.96. The number of nitrogens with one attached hydrogen (secondary N) is 1. The Balaban J connectivity index is 1.61. The standard InChI is InChI=1S/C15H18N8O/c16-11(24)7-23-5-3-17-14(23)10-2-1-4-22(6-10)15-12-13(19-8-18-12)20-9-21-15/h3,5,8-10H,1-2,4,6-7H2,(H2,16,24)(H,18,19,20,21)/t10-/m0/s1. The third-order valence-electron chi connectivity index (χ3n) is 4.36. The van der Waals surface area contributed by atoms with Crippen molar-refractivity contribution in [1.82, 2.24) is 29.5 Å². The number of hydrogen-bond acceptors (Lipinski definition) is 6. The van der Waals surface area contributed by atoms with Gasteiger partial charge in [-0.1, -0.05) is 0 Å². The van der Waals surface area contributed by atoms with Crippen LogP contribution in [0.5, 0.6) is 0 Å². The lowest BCUT2D eigenvalue weighted by atomic mass is 9.97. The van der Waals surface area contributed by atoms with Crippen LogP contribution in [0.25, 0.3) is 11.2 Å². The number of aromatic nitrogens is 6. The summed E-state index contributed by atoms with van der Waals surface area (Å²) < 4.78 is 1.84. The third-order valence-corrected chi connectivity index (χ3v) is 4.36. The maximum absolute atomic E-state index is 11.2. The number of nitrogens with zero attached hydrogens (tertiary/aromatic N) is 6. The Morgan fingerprint density at radius 3 is 3.12 bits per heavy atom. The van der Waals surface area contributed by atoms with Crippen LogP contribution in [0.4, 0.5) is 5.82 Å². The monoisotopic (exact) mass is 326 g/mol. The molecule has 0 unspecified atom stereocenters. The van der Waals surface area contributed by atoms with E-state index < -0.39 is 0 Å². The zero-order valence-corrected chi connectivity index (χ0v) is 13.1. The Hall–Kier alpha value is -2.97. The van der Waals surface area contributed by atoms with Crippen LogP contribution >= 0.6 is 0 Å². The van der Waals surface area contributed by atoms with E-state index in [1.54, 1.807) is 18.7 Å². The van der Waals surface area contributed by atoms with Crippen molar-refractivity contribution in [2.24, 2.45) is 5.73 Å². The minimum Gasteiger partial charge on any atom is -0.368 e. The smallest absolute Gasteiger partial charge is 0.237 e. The van der Waals surface area contributed by atoms with Crippen LogP contribution in [0.1, 0.15) is 24.6 Å². The number of rotatable bonds is 4. The number of nitrogens with two attached hydrogens (primary N) is 1. The predicted octanol–water partition coefficient (Wildman–Crippen LogP) is 0.419. The summed E-state index contributed by atoms with van der Waals surface area (Å²) in [6, 6.07) is 0. The summed E-state index contributed by atoms with van der Waals surface area (Å²) in [6.45, 7) is 1.85. The highest BCUT2D eigenvalue weighted by Crippen LogP contribution is 2.30. The number of amides is 1. The molecular weight excluding hydrogens is 308 g/mol. The number of hydrogen-bond donors (Lipinski definition) is 2. The highest BCUT2D eigenvalue weighted by molar-refractivity contribution is 5.82. The highest BCUT2D eigenvalue weighted by Gasteiger charge is 2.27. The average molecular weight is 326 g/mol. The number of piperidine rings is 1. The first-order valence-electron chi connectivity index (χ1n) is 7.90. The third kappa shape index (κ3) is 2.57. The van der Waals surface area contributed by atoms with Gasteiger partial charge in [-0.2, -0.15) is 0 Å². The first kappa shape index (κ1) is 14.6. The van der Waals surface area contributed by atoms with Gasteiger partial charge in [-0.15, -0.1) is 0 Å². The van der Waals surface area contributed by atoms with Crippen LogP contribution < -0.4 is 10.6 Å². The number of H-pyrrole nitrogens is 1. The molecule has 1 fully saturated rings. The number of aromatic amines is 1. The molecule has 1 aliphatic rings. The molecule has 1 atom stereocenters. The Kier molecular flexibility index (Phi) is 3.60. The molecule has 1 aliphatic heterocycles.